The van der Waals surface area contributed by atoms with Gasteiger partial charge in [0.1, 0.15) is 5.75 Å². The van der Waals surface area contributed by atoms with Crippen molar-refractivity contribution in [1.82, 2.24) is 4.90 Å². The molecule has 3 atom stereocenters. The van der Waals surface area contributed by atoms with E-state index < -0.39 is 0 Å². The highest BCUT2D eigenvalue weighted by atomic mass is 16.3. The normalized spacial score (nSPS) is 28.0. The van der Waals surface area contributed by atoms with Crippen molar-refractivity contribution >= 4 is 0 Å². The van der Waals surface area contributed by atoms with Crippen molar-refractivity contribution in [3.63, 3.8) is 0 Å². The summed E-state index contributed by atoms with van der Waals surface area (Å²) < 4.78 is 0. The van der Waals surface area contributed by atoms with Crippen molar-refractivity contribution in [2.75, 3.05) is 6.54 Å². The van der Waals surface area contributed by atoms with Crippen LogP contribution in [0.4, 0.5) is 0 Å². The summed E-state index contributed by atoms with van der Waals surface area (Å²) in [5, 5.41) is 10.0. The Morgan fingerprint density at radius 2 is 1.81 bits per heavy atom. The summed E-state index contributed by atoms with van der Waals surface area (Å²) in [6.45, 7) is 13.8. The first-order valence-corrected chi connectivity index (χ1v) is 10.3. The Morgan fingerprint density at radius 1 is 1.11 bits per heavy atom. The number of piperidine rings is 1. The maximum atomic E-state index is 10.0. The van der Waals surface area contributed by atoms with Crippen molar-refractivity contribution in [3.8, 4) is 5.75 Å². The highest BCUT2D eigenvalue weighted by Gasteiger charge is 2.48. The number of nitrogens with zero attached hydrogens (tertiary/aromatic N) is 1. The van der Waals surface area contributed by atoms with Crippen LogP contribution in [-0.2, 0) is 23.8 Å². The summed E-state index contributed by atoms with van der Waals surface area (Å²) in [5.41, 5.74) is 5.99. The molecule has 1 saturated heterocycles. The summed E-state index contributed by atoms with van der Waals surface area (Å²) >= 11 is 0. The van der Waals surface area contributed by atoms with Gasteiger partial charge in [-0.1, -0.05) is 65.0 Å². The van der Waals surface area contributed by atoms with Gasteiger partial charge in [0.25, 0.3) is 0 Å². The minimum Gasteiger partial charge on any atom is -0.508 e. The second-order valence-electron chi connectivity index (χ2n) is 9.99. The Hall–Kier alpha value is -1.80. The molecule has 2 aliphatic rings. The molecule has 1 heterocycles. The van der Waals surface area contributed by atoms with E-state index >= 15 is 0 Å². The molecule has 1 aliphatic heterocycles. The molecule has 0 aromatic heterocycles. The van der Waals surface area contributed by atoms with Gasteiger partial charge in [0.2, 0.25) is 0 Å². The van der Waals surface area contributed by atoms with Gasteiger partial charge in [0.05, 0.1) is 0 Å². The zero-order valence-electron chi connectivity index (χ0n) is 17.4. The fourth-order valence-corrected chi connectivity index (χ4v) is 5.24. The number of likely N-dealkylation sites (tertiary alicyclic amines) is 1. The van der Waals surface area contributed by atoms with Crippen LogP contribution in [0.15, 0.2) is 42.5 Å². The number of rotatable bonds is 2. The highest BCUT2D eigenvalue weighted by Crippen LogP contribution is 2.49. The molecule has 1 aliphatic carbocycles. The molecule has 0 spiro atoms. The molecule has 2 heteroatoms. The molecule has 2 nitrogen and oxygen atoms in total. The summed E-state index contributed by atoms with van der Waals surface area (Å²) in [7, 11) is 0. The van der Waals surface area contributed by atoms with E-state index in [1.165, 1.54) is 22.3 Å². The molecule has 2 bridgehead atoms. The molecule has 1 fully saturated rings. The highest BCUT2D eigenvalue weighted by molar-refractivity contribution is 5.44. The number of benzene rings is 2. The molecule has 144 valence electrons. The number of aromatic hydroxyl groups is 1. The van der Waals surface area contributed by atoms with Gasteiger partial charge in [-0.3, -0.25) is 4.90 Å². The fourth-order valence-electron chi connectivity index (χ4n) is 5.24. The van der Waals surface area contributed by atoms with Crippen molar-refractivity contribution in [1.29, 1.82) is 0 Å². The lowest BCUT2D eigenvalue weighted by molar-refractivity contribution is 0.0258. The molecule has 1 N–H and O–H groups in total. The Labute approximate surface area is 164 Å². The molecule has 2 aromatic carbocycles. The molecule has 0 saturated carbocycles. The third-order valence-electron chi connectivity index (χ3n) is 7.31. The van der Waals surface area contributed by atoms with E-state index in [2.05, 4.69) is 69.9 Å². The van der Waals surface area contributed by atoms with Crippen molar-refractivity contribution in [3.05, 3.63) is 64.7 Å². The second kappa shape index (κ2) is 6.38. The number of phenolic OH excluding ortho intramolecular Hbond substituents is 1. The van der Waals surface area contributed by atoms with Gasteiger partial charge in [0, 0.05) is 12.6 Å². The Bertz CT molecular complexity index is 832. The Morgan fingerprint density at radius 3 is 2.48 bits per heavy atom. The summed E-state index contributed by atoms with van der Waals surface area (Å²) in [6, 6.07) is 15.8. The summed E-state index contributed by atoms with van der Waals surface area (Å²) in [4.78, 5) is 2.69. The van der Waals surface area contributed by atoms with Crippen molar-refractivity contribution in [2.24, 2.45) is 5.92 Å². The predicted molar refractivity (Wildman–Crippen MR) is 112 cm³/mol. The minimum atomic E-state index is 0.170. The van der Waals surface area contributed by atoms with Crippen LogP contribution in [0.2, 0.25) is 0 Å². The third kappa shape index (κ3) is 3.18. The molecular weight excluding hydrogens is 330 g/mol. The predicted octanol–water partition coefficient (Wildman–Crippen LogP) is 5.41. The van der Waals surface area contributed by atoms with Crippen LogP contribution >= 0.6 is 0 Å². The summed E-state index contributed by atoms with van der Waals surface area (Å²) in [5.74, 6) is 0.997. The average Bonchev–Trinajstić information content (AvgIpc) is 2.61. The van der Waals surface area contributed by atoms with Crippen molar-refractivity contribution in [2.45, 2.75) is 70.9 Å². The molecular formula is C25H33NO. The third-order valence-corrected chi connectivity index (χ3v) is 7.31. The monoisotopic (exact) mass is 363 g/mol. The smallest absolute Gasteiger partial charge is 0.115 e. The molecule has 0 radical (unpaired) electrons. The van der Waals surface area contributed by atoms with E-state index in [1.54, 1.807) is 0 Å². The standard InChI is InChI=1S/C25H33NO/c1-17-23-14-19-8-11-21(27)15-22(19)25(17,5)12-13-26(23)16-18-6-9-20(10-7-18)24(2,3)4/h6-11,15,17,23,27H,12-14,16H2,1-5H3/t17-,23+,25+/m1/s1. The molecule has 0 unspecified atom stereocenters. The molecule has 0 amide bonds. The average molecular weight is 364 g/mol. The van der Waals surface area contributed by atoms with Gasteiger partial charge in [-0.2, -0.15) is 0 Å². The summed E-state index contributed by atoms with van der Waals surface area (Å²) in [6.07, 6.45) is 2.24. The quantitative estimate of drug-likeness (QED) is 0.771. The number of phenols is 1. The maximum absolute atomic E-state index is 10.0. The van der Waals surface area contributed by atoms with Crippen LogP contribution in [0.25, 0.3) is 0 Å². The zero-order valence-corrected chi connectivity index (χ0v) is 17.4. The molecule has 2 aromatic rings. The fraction of sp³-hybridized carbons (Fsp3) is 0.520. The lowest BCUT2D eigenvalue weighted by Gasteiger charge is -2.54. The van der Waals surface area contributed by atoms with Crippen LogP contribution < -0.4 is 0 Å². The van der Waals surface area contributed by atoms with Crippen LogP contribution in [0.1, 0.15) is 63.3 Å². The first-order chi connectivity index (χ1) is 12.7. The number of hydrogen-bond acceptors (Lipinski definition) is 2. The maximum Gasteiger partial charge on any atom is 0.115 e. The van der Waals surface area contributed by atoms with Crippen LogP contribution in [-0.4, -0.2) is 22.6 Å². The van der Waals surface area contributed by atoms with E-state index in [1.807, 2.05) is 12.1 Å². The lowest BCUT2D eigenvalue weighted by Crippen LogP contribution is -2.57. The van der Waals surface area contributed by atoms with E-state index in [9.17, 15) is 5.11 Å². The van der Waals surface area contributed by atoms with E-state index in [0.29, 0.717) is 17.7 Å². The Balaban J connectivity index is 1.58. The number of fused-ring (bicyclic) bond motifs is 4. The van der Waals surface area contributed by atoms with E-state index in [4.69, 9.17) is 0 Å². The largest absolute Gasteiger partial charge is 0.508 e. The first-order valence-electron chi connectivity index (χ1n) is 10.3. The van der Waals surface area contributed by atoms with Gasteiger partial charge in [0.15, 0.2) is 0 Å². The van der Waals surface area contributed by atoms with Gasteiger partial charge >= 0.3 is 0 Å². The van der Waals surface area contributed by atoms with Gasteiger partial charge in [-0.05, 0) is 70.5 Å². The zero-order chi connectivity index (χ0) is 19.4. The SMILES string of the molecule is C[C@@H]1[C@@H]2Cc3ccc(O)cc3[C@@]1(C)CCN2Cc1ccc(C(C)(C)C)cc1. The van der Waals surface area contributed by atoms with Gasteiger partial charge < -0.3 is 5.11 Å². The van der Waals surface area contributed by atoms with Gasteiger partial charge in [-0.15, -0.1) is 0 Å². The molecule has 27 heavy (non-hydrogen) atoms. The van der Waals surface area contributed by atoms with Gasteiger partial charge in [-0.25, -0.2) is 0 Å². The Kier molecular flexibility index (Phi) is 4.38. The lowest BCUT2D eigenvalue weighted by atomic mass is 9.59. The van der Waals surface area contributed by atoms with Crippen LogP contribution in [0, 0.1) is 5.92 Å². The van der Waals surface area contributed by atoms with Crippen LogP contribution in [0.3, 0.4) is 0 Å². The minimum absolute atomic E-state index is 0.170. The number of hydrogen-bond donors (Lipinski definition) is 1. The van der Waals surface area contributed by atoms with Crippen molar-refractivity contribution < 1.29 is 5.11 Å². The first kappa shape index (κ1) is 18.6. The van der Waals surface area contributed by atoms with Crippen LogP contribution in [0.5, 0.6) is 5.75 Å². The van der Waals surface area contributed by atoms with E-state index in [0.717, 1.165) is 25.9 Å². The topological polar surface area (TPSA) is 23.5 Å². The molecule has 4 rings (SSSR count). The van der Waals surface area contributed by atoms with E-state index in [-0.39, 0.29) is 10.8 Å². The second-order valence-corrected chi connectivity index (χ2v) is 9.99.